The van der Waals surface area contributed by atoms with Crippen molar-refractivity contribution in [2.75, 3.05) is 25.2 Å². The van der Waals surface area contributed by atoms with E-state index in [0.717, 1.165) is 32.2 Å². The molecule has 5 heteroatoms. The quantitative estimate of drug-likeness (QED) is 0.747. The summed E-state index contributed by atoms with van der Waals surface area (Å²) in [7, 11) is -2.94. The summed E-state index contributed by atoms with van der Waals surface area (Å²) < 4.78 is 29.2. The molecule has 0 saturated heterocycles. The zero-order valence-electron chi connectivity index (χ0n) is 14.4. The molecule has 0 bridgehead atoms. The van der Waals surface area contributed by atoms with Crippen molar-refractivity contribution in [1.82, 2.24) is 5.32 Å². The molecule has 1 fully saturated rings. The average molecular weight is 320 g/mol. The smallest absolute Gasteiger partial charge is 0.147 e. The molecule has 0 amide bonds. The van der Waals surface area contributed by atoms with Crippen molar-refractivity contribution in [3.63, 3.8) is 0 Å². The Labute approximate surface area is 130 Å². The highest BCUT2D eigenvalue weighted by atomic mass is 32.2. The van der Waals surface area contributed by atoms with Gasteiger partial charge in [-0.2, -0.15) is 0 Å². The molecule has 4 nitrogen and oxygen atoms in total. The molecule has 1 saturated carbocycles. The Morgan fingerprint density at radius 2 is 1.71 bits per heavy atom. The number of hydrogen-bond acceptors (Lipinski definition) is 4. The zero-order chi connectivity index (χ0) is 16.1. The van der Waals surface area contributed by atoms with Crippen LogP contribution in [0.3, 0.4) is 0 Å². The SMILES string of the molecule is CCNC(CCS(C)(=O)=O)C1(OCC)CCC(C)(C)CC1. The van der Waals surface area contributed by atoms with Gasteiger partial charge in [-0.3, -0.25) is 0 Å². The van der Waals surface area contributed by atoms with Gasteiger partial charge >= 0.3 is 0 Å². The van der Waals surface area contributed by atoms with Gasteiger partial charge in [-0.1, -0.05) is 20.8 Å². The van der Waals surface area contributed by atoms with E-state index in [2.05, 4.69) is 26.1 Å². The van der Waals surface area contributed by atoms with E-state index in [4.69, 9.17) is 4.74 Å². The molecule has 1 N–H and O–H groups in total. The molecule has 1 atom stereocenters. The first kappa shape index (κ1) is 18.9. The minimum absolute atomic E-state index is 0.119. The summed E-state index contributed by atoms with van der Waals surface area (Å²) in [5.74, 6) is 0.225. The second-order valence-corrected chi connectivity index (χ2v) is 9.45. The lowest BCUT2D eigenvalue weighted by Crippen LogP contribution is -2.55. The second-order valence-electron chi connectivity index (χ2n) is 7.19. The lowest BCUT2D eigenvalue weighted by Gasteiger charge is -2.48. The fourth-order valence-corrected chi connectivity index (χ4v) is 4.02. The van der Waals surface area contributed by atoms with Gasteiger partial charge in [0, 0.05) is 18.9 Å². The third-order valence-corrected chi connectivity index (χ3v) is 5.72. The van der Waals surface area contributed by atoms with Gasteiger partial charge in [0.15, 0.2) is 0 Å². The molecule has 1 unspecified atom stereocenters. The first-order chi connectivity index (χ1) is 9.64. The summed E-state index contributed by atoms with van der Waals surface area (Å²) in [5.41, 5.74) is 0.166. The predicted octanol–water partition coefficient (Wildman–Crippen LogP) is 2.77. The molecule has 21 heavy (non-hydrogen) atoms. The highest BCUT2D eigenvalue weighted by molar-refractivity contribution is 7.90. The van der Waals surface area contributed by atoms with Gasteiger partial charge in [0.2, 0.25) is 0 Å². The van der Waals surface area contributed by atoms with Crippen LogP contribution in [-0.2, 0) is 14.6 Å². The maximum absolute atomic E-state index is 11.5. The molecule has 1 aliphatic carbocycles. The average Bonchev–Trinajstić information content (AvgIpc) is 2.37. The Morgan fingerprint density at radius 3 is 2.14 bits per heavy atom. The van der Waals surface area contributed by atoms with Crippen LogP contribution >= 0.6 is 0 Å². The highest BCUT2D eigenvalue weighted by Crippen LogP contribution is 2.44. The monoisotopic (exact) mass is 319 g/mol. The Hall–Kier alpha value is -0.130. The zero-order valence-corrected chi connectivity index (χ0v) is 15.2. The highest BCUT2D eigenvalue weighted by Gasteiger charge is 2.44. The van der Waals surface area contributed by atoms with Crippen LogP contribution in [0.15, 0.2) is 0 Å². The summed E-state index contributed by atoms with van der Waals surface area (Å²) in [6.07, 6.45) is 6.23. The van der Waals surface area contributed by atoms with E-state index < -0.39 is 9.84 Å². The summed E-state index contributed by atoms with van der Waals surface area (Å²) in [5, 5.41) is 3.49. The van der Waals surface area contributed by atoms with E-state index >= 15 is 0 Å². The number of hydrogen-bond donors (Lipinski definition) is 1. The summed E-state index contributed by atoms with van der Waals surface area (Å²) in [6, 6.07) is 0.119. The molecule has 126 valence electrons. The number of likely N-dealkylation sites (N-methyl/N-ethyl adjacent to an activating group) is 1. The van der Waals surface area contributed by atoms with E-state index in [1.165, 1.54) is 6.26 Å². The van der Waals surface area contributed by atoms with Crippen LogP contribution in [0.25, 0.3) is 0 Å². The van der Waals surface area contributed by atoms with Crippen LogP contribution in [-0.4, -0.2) is 45.2 Å². The first-order valence-corrected chi connectivity index (χ1v) is 10.3. The van der Waals surface area contributed by atoms with E-state index in [1.54, 1.807) is 0 Å². The maximum Gasteiger partial charge on any atom is 0.147 e. The van der Waals surface area contributed by atoms with Gasteiger partial charge in [0.05, 0.1) is 11.4 Å². The third kappa shape index (κ3) is 5.87. The minimum Gasteiger partial charge on any atom is -0.374 e. The molecule has 0 aromatic heterocycles. The standard InChI is InChI=1S/C16H33NO3S/c1-6-17-14(8-13-21(5,18)19)16(20-7-2)11-9-15(3,4)10-12-16/h14,17H,6-13H2,1-5H3. The lowest BCUT2D eigenvalue weighted by molar-refractivity contribution is -0.106. The van der Waals surface area contributed by atoms with Gasteiger partial charge in [0.1, 0.15) is 9.84 Å². The lowest BCUT2D eigenvalue weighted by atomic mass is 9.68. The summed E-state index contributed by atoms with van der Waals surface area (Å²) in [4.78, 5) is 0. The molecule has 0 heterocycles. The van der Waals surface area contributed by atoms with Crippen molar-refractivity contribution in [3.8, 4) is 0 Å². The number of ether oxygens (including phenoxy) is 1. The molecule has 0 aliphatic heterocycles. The predicted molar refractivity (Wildman–Crippen MR) is 88.4 cm³/mol. The van der Waals surface area contributed by atoms with Gasteiger partial charge in [0.25, 0.3) is 0 Å². The molecular weight excluding hydrogens is 286 g/mol. The van der Waals surface area contributed by atoms with Crippen molar-refractivity contribution < 1.29 is 13.2 Å². The summed E-state index contributed by atoms with van der Waals surface area (Å²) in [6.45, 7) is 10.2. The van der Waals surface area contributed by atoms with Crippen LogP contribution in [0.2, 0.25) is 0 Å². The van der Waals surface area contributed by atoms with E-state index in [1.807, 2.05) is 6.92 Å². The largest absolute Gasteiger partial charge is 0.374 e. The number of rotatable bonds is 8. The molecular formula is C16H33NO3S. The van der Waals surface area contributed by atoms with E-state index in [9.17, 15) is 8.42 Å². The van der Waals surface area contributed by atoms with Crippen molar-refractivity contribution in [2.24, 2.45) is 5.41 Å². The molecule has 0 aromatic carbocycles. The van der Waals surface area contributed by atoms with Crippen LogP contribution in [0.5, 0.6) is 0 Å². The van der Waals surface area contributed by atoms with E-state index in [-0.39, 0.29) is 17.4 Å². The Balaban J connectivity index is 2.87. The minimum atomic E-state index is -2.94. The molecule has 1 rings (SSSR count). The fourth-order valence-electron chi connectivity index (χ4n) is 3.36. The van der Waals surface area contributed by atoms with Crippen molar-refractivity contribution in [3.05, 3.63) is 0 Å². The van der Waals surface area contributed by atoms with Gasteiger partial charge < -0.3 is 10.1 Å². The van der Waals surface area contributed by atoms with E-state index in [0.29, 0.717) is 18.4 Å². The van der Waals surface area contributed by atoms with Crippen LogP contribution < -0.4 is 5.32 Å². The van der Waals surface area contributed by atoms with Gasteiger partial charge in [-0.25, -0.2) is 8.42 Å². The Morgan fingerprint density at radius 1 is 1.14 bits per heavy atom. The van der Waals surface area contributed by atoms with Crippen LogP contribution in [0.1, 0.15) is 59.8 Å². The maximum atomic E-state index is 11.5. The summed E-state index contributed by atoms with van der Waals surface area (Å²) >= 11 is 0. The van der Waals surface area contributed by atoms with Crippen LogP contribution in [0, 0.1) is 5.41 Å². The Bertz CT molecular complexity index is 407. The first-order valence-electron chi connectivity index (χ1n) is 8.19. The van der Waals surface area contributed by atoms with Crippen molar-refractivity contribution in [2.45, 2.75) is 71.4 Å². The number of sulfone groups is 1. The topological polar surface area (TPSA) is 55.4 Å². The molecule has 0 spiro atoms. The third-order valence-electron chi connectivity index (χ3n) is 4.74. The molecule has 0 radical (unpaired) electrons. The molecule has 1 aliphatic rings. The van der Waals surface area contributed by atoms with Gasteiger partial charge in [-0.15, -0.1) is 0 Å². The normalized spacial score (nSPS) is 22.9. The van der Waals surface area contributed by atoms with Crippen molar-refractivity contribution >= 4 is 9.84 Å². The van der Waals surface area contributed by atoms with Crippen molar-refractivity contribution in [1.29, 1.82) is 0 Å². The second kappa shape index (κ2) is 7.42. The number of nitrogens with one attached hydrogen (secondary N) is 1. The Kier molecular flexibility index (Phi) is 6.69. The van der Waals surface area contributed by atoms with Gasteiger partial charge in [-0.05, 0) is 51.0 Å². The fraction of sp³-hybridized carbons (Fsp3) is 1.00. The molecule has 0 aromatic rings. The van der Waals surface area contributed by atoms with Crippen LogP contribution in [0.4, 0.5) is 0 Å².